The molecule has 2 saturated heterocycles. The SMILES string of the molecule is CCCN1CCCC[C@H]1c1ccc(N2CCNCC2)nc1. The largest absolute Gasteiger partial charge is 0.354 e. The molecule has 0 saturated carbocycles. The maximum atomic E-state index is 4.74. The third-order valence-corrected chi connectivity index (χ3v) is 4.72. The lowest BCUT2D eigenvalue weighted by molar-refractivity contribution is 0.149. The van der Waals surface area contributed by atoms with Gasteiger partial charge in [-0.2, -0.15) is 0 Å². The van der Waals surface area contributed by atoms with E-state index in [2.05, 4.69) is 40.4 Å². The second-order valence-electron chi connectivity index (χ2n) is 6.23. The number of hydrogen-bond donors (Lipinski definition) is 1. The lowest BCUT2D eigenvalue weighted by Crippen LogP contribution is -2.43. The van der Waals surface area contributed by atoms with E-state index in [1.165, 1.54) is 44.3 Å². The van der Waals surface area contributed by atoms with Crippen molar-refractivity contribution >= 4 is 5.82 Å². The van der Waals surface area contributed by atoms with E-state index < -0.39 is 0 Å². The van der Waals surface area contributed by atoms with Gasteiger partial charge in [0.1, 0.15) is 5.82 Å². The Morgan fingerprint density at radius 3 is 2.76 bits per heavy atom. The molecule has 0 aromatic carbocycles. The summed E-state index contributed by atoms with van der Waals surface area (Å²) in [6.45, 7) is 9.00. The van der Waals surface area contributed by atoms with Crippen LogP contribution in [-0.2, 0) is 0 Å². The van der Waals surface area contributed by atoms with Gasteiger partial charge in [0.05, 0.1) is 0 Å². The minimum absolute atomic E-state index is 0.586. The predicted molar refractivity (Wildman–Crippen MR) is 87.8 cm³/mol. The van der Waals surface area contributed by atoms with Gasteiger partial charge < -0.3 is 10.2 Å². The highest BCUT2D eigenvalue weighted by atomic mass is 15.2. The summed E-state index contributed by atoms with van der Waals surface area (Å²) < 4.78 is 0. The van der Waals surface area contributed by atoms with Crippen molar-refractivity contribution in [2.75, 3.05) is 44.2 Å². The van der Waals surface area contributed by atoms with Gasteiger partial charge in [0.2, 0.25) is 0 Å². The van der Waals surface area contributed by atoms with Crippen LogP contribution in [0.3, 0.4) is 0 Å². The molecule has 1 N–H and O–H groups in total. The normalized spacial score (nSPS) is 24.2. The molecule has 2 aliphatic rings. The van der Waals surface area contributed by atoms with Gasteiger partial charge >= 0.3 is 0 Å². The van der Waals surface area contributed by atoms with E-state index >= 15 is 0 Å². The summed E-state index contributed by atoms with van der Waals surface area (Å²) >= 11 is 0. The summed E-state index contributed by atoms with van der Waals surface area (Å²) in [5, 5.41) is 3.39. The molecular weight excluding hydrogens is 260 g/mol. The standard InChI is InChI=1S/C17H28N4/c1-2-10-20-11-4-3-5-16(20)15-6-7-17(19-14-15)21-12-8-18-9-13-21/h6-7,14,16,18H,2-5,8-13H2,1H3/t16-/m0/s1. The number of nitrogens with one attached hydrogen (secondary N) is 1. The van der Waals surface area contributed by atoms with E-state index in [0.717, 1.165) is 32.0 Å². The number of aromatic nitrogens is 1. The number of piperidine rings is 1. The molecule has 4 nitrogen and oxygen atoms in total. The van der Waals surface area contributed by atoms with Crippen molar-refractivity contribution in [2.45, 2.75) is 38.6 Å². The number of pyridine rings is 1. The third kappa shape index (κ3) is 3.55. The van der Waals surface area contributed by atoms with Crippen molar-refractivity contribution in [1.82, 2.24) is 15.2 Å². The first-order valence-electron chi connectivity index (χ1n) is 8.54. The van der Waals surface area contributed by atoms with E-state index in [9.17, 15) is 0 Å². The van der Waals surface area contributed by atoms with E-state index in [-0.39, 0.29) is 0 Å². The van der Waals surface area contributed by atoms with Crippen LogP contribution >= 0.6 is 0 Å². The number of likely N-dealkylation sites (tertiary alicyclic amines) is 1. The fourth-order valence-corrected chi connectivity index (χ4v) is 3.60. The summed E-state index contributed by atoms with van der Waals surface area (Å²) in [4.78, 5) is 9.77. The zero-order valence-corrected chi connectivity index (χ0v) is 13.2. The minimum Gasteiger partial charge on any atom is -0.354 e. The van der Waals surface area contributed by atoms with E-state index in [1.54, 1.807) is 0 Å². The third-order valence-electron chi connectivity index (χ3n) is 4.72. The topological polar surface area (TPSA) is 31.4 Å². The lowest BCUT2D eigenvalue weighted by Gasteiger charge is -2.36. The molecule has 1 aromatic heterocycles. The van der Waals surface area contributed by atoms with Crippen LogP contribution in [0.2, 0.25) is 0 Å². The van der Waals surface area contributed by atoms with E-state index in [4.69, 9.17) is 4.98 Å². The molecule has 2 aliphatic heterocycles. The summed E-state index contributed by atoms with van der Waals surface area (Å²) in [6, 6.07) is 5.12. The molecule has 21 heavy (non-hydrogen) atoms. The molecule has 3 heterocycles. The summed E-state index contributed by atoms with van der Waals surface area (Å²) in [7, 11) is 0. The van der Waals surface area contributed by atoms with Crippen molar-refractivity contribution < 1.29 is 0 Å². The first-order valence-corrected chi connectivity index (χ1v) is 8.54. The minimum atomic E-state index is 0.586. The Kier molecular flexibility index (Phi) is 5.09. The zero-order chi connectivity index (χ0) is 14.5. The first kappa shape index (κ1) is 14.8. The molecule has 0 bridgehead atoms. The number of nitrogens with zero attached hydrogens (tertiary/aromatic N) is 3. The molecule has 116 valence electrons. The number of anilines is 1. The molecule has 0 unspecified atom stereocenters. The van der Waals surface area contributed by atoms with Crippen molar-refractivity contribution in [3.63, 3.8) is 0 Å². The average molecular weight is 288 g/mol. The van der Waals surface area contributed by atoms with Crippen LogP contribution in [0.1, 0.15) is 44.2 Å². The van der Waals surface area contributed by atoms with Crippen molar-refractivity contribution in [2.24, 2.45) is 0 Å². The van der Waals surface area contributed by atoms with Crippen LogP contribution in [0.15, 0.2) is 18.3 Å². The smallest absolute Gasteiger partial charge is 0.128 e. The Hall–Kier alpha value is -1.13. The number of rotatable bonds is 4. The highest BCUT2D eigenvalue weighted by Crippen LogP contribution is 2.31. The summed E-state index contributed by atoms with van der Waals surface area (Å²) in [5.41, 5.74) is 1.40. The van der Waals surface area contributed by atoms with Crippen LogP contribution in [-0.4, -0.2) is 49.2 Å². The Balaban J connectivity index is 1.70. The van der Waals surface area contributed by atoms with Gasteiger partial charge in [0, 0.05) is 38.4 Å². The van der Waals surface area contributed by atoms with Gasteiger partial charge in [-0.1, -0.05) is 19.4 Å². The van der Waals surface area contributed by atoms with Crippen LogP contribution < -0.4 is 10.2 Å². The fourth-order valence-electron chi connectivity index (χ4n) is 3.60. The van der Waals surface area contributed by atoms with Gasteiger partial charge in [-0.05, 0) is 44.0 Å². The molecule has 0 radical (unpaired) electrons. The van der Waals surface area contributed by atoms with Gasteiger partial charge in [0.15, 0.2) is 0 Å². The van der Waals surface area contributed by atoms with Crippen LogP contribution in [0.25, 0.3) is 0 Å². The molecule has 1 aromatic rings. The quantitative estimate of drug-likeness (QED) is 0.922. The Bertz CT molecular complexity index is 423. The molecule has 2 fully saturated rings. The first-order chi connectivity index (χ1) is 10.4. The Morgan fingerprint density at radius 1 is 1.19 bits per heavy atom. The molecule has 1 atom stereocenters. The van der Waals surface area contributed by atoms with Gasteiger partial charge in [-0.3, -0.25) is 4.90 Å². The average Bonchev–Trinajstić information content (AvgIpc) is 2.57. The number of piperazine rings is 1. The predicted octanol–water partition coefficient (Wildman–Crippen LogP) is 2.43. The Morgan fingerprint density at radius 2 is 2.05 bits per heavy atom. The van der Waals surface area contributed by atoms with Crippen molar-refractivity contribution in [3.8, 4) is 0 Å². The van der Waals surface area contributed by atoms with Gasteiger partial charge in [0.25, 0.3) is 0 Å². The lowest BCUT2D eigenvalue weighted by atomic mass is 9.96. The molecule has 0 aliphatic carbocycles. The highest BCUT2D eigenvalue weighted by molar-refractivity contribution is 5.40. The summed E-state index contributed by atoms with van der Waals surface area (Å²) in [6.07, 6.45) is 7.35. The maximum Gasteiger partial charge on any atom is 0.128 e. The molecule has 3 rings (SSSR count). The van der Waals surface area contributed by atoms with Crippen LogP contribution in [0.4, 0.5) is 5.82 Å². The zero-order valence-electron chi connectivity index (χ0n) is 13.2. The van der Waals surface area contributed by atoms with Gasteiger partial charge in [-0.25, -0.2) is 4.98 Å². The van der Waals surface area contributed by atoms with Crippen molar-refractivity contribution in [1.29, 1.82) is 0 Å². The van der Waals surface area contributed by atoms with E-state index in [0.29, 0.717) is 6.04 Å². The number of hydrogen-bond acceptors (Lipinski definition) is 4. The molecule has 0 amide bonds. The highest BCUT2D eigenvalue weighted by Gasteiger charge is 2.23. The van der Waals surface area contributed by atoms with E-state index in [1.807, 2.05) is 0 Å². The molecule has 4 heteroatoms. The Labute approximate surface area is 128 Å². The monoisotopic (exact) mass is 288 g/mol. The van der Waals surface area contributed by atoms with Crippen LogP contribution in [0, 0.1) is 0 Å². The van der Waals surface area contributed by atoms with Gasteiger partial charge in [-0.15, -0.1) is 0 Å². The summed E-state index contributed by atoms with van der Waals surface area (Å²) in [5.74, 6) is 1.14. The fraction of sp³-hybridized carbons (Fsp3) is 0.706. The second kappa shape index (κ2) is 7.23. The molecular formula is C17H28N4. The molecule has 0 spiro atoms. The maximum absolute atomic E-state index is 4.74. The van der Waals surface area contributed by atoms with Crippen molar-refractivity contribution in [3.05, 3.63) is 23.9 Å². The van der Waals surface area contributed by atoms with Crippen LogP contribution in [0.5, 0.6) is 0 Å². The second-order valence-corrected chi connectivity index (χ2v) is 6.23.